The van der Waals surface area contributed by atoms with Gasteiger partial charge in [-0.25, -0.2) is 0 Å². The molecular weight excluding hydrogens is 264 g/mol. The predicted molar refractivity (Wildman–Crippen MR) is 76.3 cm³/mol. The van der Waals surface area contributed by atoms with Gasteiger partial charge in [-0.15, -0.1) is 0 Å². The summed E-state index contributed by atoms with van der Waals surface area (Å²) in [4.78, 5) is 11.7. The van der Waals surface area contributed by atoms with Gasteiger partial charge < -0.3 is 16.2 Å². The number of nitrogens with two attached hydrogens (primary N) is 1. The van der Waals surface area contributed by atoms with Crippen molar-refractivity contribution in [1.82, 2.24) is 5.32 Å². The molecule has 0 aromatic heterocycles. The van der Waals surface area contributed by atoms with Gasteiger partial charge in [0.05, 0.1) is 6.04 Å². The van der Waals surface area contributed by atoms with E-state index in [0.29, 0.717) is 24.5 Å². The van der Waals surface area contributed by atoms with E-state index < -0.39 is 16.8 Å². The van der Waals surface area contributed by atoms with Gasteiger partial charge in [0, 0.05) is 28.9 Å². The van der Waals surface area contributed by atoms with Crippen molar-refractivity contribution in [3.63, 3.8) is 0 Å². The number of phenols is 1. The van der Waals surface area contributed by atoms with Gasteiger partial charge in [0.1, 0.15) is 5.75 Å². The number of carbonyl (C=O) groups excluding carboxylic acids is 1. The average Bonchev–Trinajstić information content (AvgIpc) is 2.40. The highest BCUT2D eigenvalue weighted by atomic mass is 32.2. The zero-order valence-corrected chi connectivity index (χ0v) is 11.8. The van der Waals surface area contributed by atoms with Crippen LogP contribution in [0.4, 0.5) is 0 Å². The highest BCUT2D eigenvalue weighted by molar-refractivity contribution is 7.84. The minimum absolute atomic E-state index is 0.184. The Morgan fingerprint density at radius 3 is 2.63 bits per heavy atom. The van der Waals surface area contributed by atoms with Crippen molar-refractivity contribution >= 4 is 16.7 Å². The van der Waals surface area contributed by atoms with Gasteiger partial charge in [0.15, 0.2) is 0 Å². The number of rotatable bonds is 7. The van der Waals surface area contributed by atoms with Crippen LogP contribution in [-0.2, 0) is 22.0 Å². The molecule has 0 aliphatic carbocycles. The van der Waals surface area contributed by atoms with E-state index in [4.69, 9.17) is 10.8 Å². The second kappa shape index (κ2) is 7.91. The molecule has 106 valence electrons. The quantitative estimate of drug-likeness (QED) is 0.664. The summed E-state index contributed by atoms with van der Waals surface area (Å²) in [5, 5.41) is 11.8. The molecule has 0 aliphatic rings. The van der Waals surface area contributed by atoms with Gasteiger partial charge in [-0.05, 0) is 24.1 Å². The molecule has 1 rings (SSSR count). The van der Waals surface area contributed by atoms with Crippen molar-refractivity contribution < 1.29 is 14.1 Å². The van der Waals surface area contributed by atoms with E-state index >= 15 is 0 Å². The first-order valence-corrected chi connectivity index (χ1v) is 7.68. The Kier molecular flexibility index (Phi) is 6.52. The van der Waals surface area contributed by atoms with Crippen LogP contribution in [0, 0.1) is 0 Å². The fourth-order valence-corrected chi connectivity index (χ4v) is 2.16. The maximum atomic E-state index is 11.7. The van der Waals surface area contributed by atoms with E-state index in [1.807, 2.05) is 6.92 Å². The second-order valence-electron chi connectivity index (χ2n) is 4.20. The summed E-state index contributed by atoms with van der Waals surface area (Å²) in [6, 6.07) is 5.94. The molecule has 0 saturated heterocycles. The summed E-state index contributed by atoms with van der Waals surface area (Å²) in [7, 11) is -0.881. The number of phenolic OH excluding ortho intramolecular Hbond substituents is 1. The fourth-order valence-electron chi connectivity index (χ4n) is 1.54. The second-order valence-corrected chi connectivity index (χ2v) is 6.07. The maximum Gasteiger partial charge on any atom is 0.237 e. The topological polar surface area (TPSA) is 92.4 Å². The molecule has 0 bridgehead atoms. The standard InChI is InChI=1S/C13H20N2O3S/c1-2-19(18)8-7-15-13(17)12(14)9-10-3-5-11(16)6-4-10/h3-6,12,16H,2,7-9,14H2,1H3,(H,15,17)/t12-,19?/m0/s1. The van der Waals surface area contributed by atoms with Gasteiger partial charge in [0.25, 0.3) is 0 Å². The lowest BCUT2D eigenvalue weighted by molar-refractivity contribution is -0.122. The summed E-state index contributed by atoms with van der Waals surface area (Å²) in [5.74, 6) is 0.980. The number of carbonyl (C=O) groups is 1. The normalized spacial score (nSPS) is 13.8. The van der Waals surface area contributed by atoms with Crippen LogP contribution in [0.25, 0.3) is 0 Å². The van der Waals surface area contributed by atoms with Crippen molar-refractivity contribution in [2.75, 3.05) is 18.1 Å². The van der Waals surface area contributed by atoms with Gasteiger partial charge in [-0.3, -0.25) is 9.00 Å². The molecule has 0 aliphatic heterocycles. The Morgan fingerprint density at radius 2 is 2.05 bits per heavy atom. The summed E-state index contributed by atoms with van der Waals surface area (Å²) in [5.41, 5.74) is 6.67. The zero-order chi connectivity index (χ0) is 14.3. The molecule has 19 heavy (non-hydrogen) atoms. The van der Waals surface area contributed by atoms with Crippen LogP contribution in [0.3, 0.4) is 0 Å². The van der Waals surface area contributed by atoms with E-state index in [2.05, 4.69) is 5.32 Å². The molecule has 2 atom stereocenters. The Balaban J connectivity index is 2.36. The molecule has 0 heterocycles. The highest BCUT2D eigenvalue weighted by Gasteiger charge is 2.13. The maximum absolute atomic E-state index is 11.7. The molecule has 1 aromatic carbocycles. The van der Waals surface area contributed by atoms with Crippen molar-refractivity contribution in [2.24, 2.45) is 5.73 Å². The average molecular weight is 284 g/mol. The van der Waals surface area contributed by atoms with Gasteiger partial charge >= 0.3 is 0 Å². The molecule has 1 aromatic rings. The Hall–Kier alpha value is -1.40. The van der Waals surface area contributed by atoms with Crippen LogP contribution in [0.2, 0.25) is 0 Å². The minimum Gasteiger partial charge on any atom is -0.508 e. The van der Waals surface area contributed by atoms with Crippen LogP contribution in [0.5, 0.6) is 5.75 Å². The lowest BCUT2D eigenvalue weighted by Crippen LogP contribution is -2.43. The van der Waals surface area contributed by atoms with Crippen molar-refractivity contribution in [1.29, 1.82) is 0 Å². The van der Waals surface area contributed by atoms with E-state index in [0.717, 1.165) is 5.56 Å². The molecule has 0 radical (unpaired) electrons. The highest BCUT2D eigenvalue weighted by Crippen LogP contribution is 2.10. The SMILES string of the molecule is CCS(=O)CCNC(=O)[C@@H](N)Cc1ccc(O)cc1. The molecule has 0 spiro atoms. The minimum atomic E-state index is -0.881. The molecule has 1 unspecified atom stereocenters. The molecule has 4 N–H and O–H groups in total. The van der Waals surface area contributed by atoms with Crippen molar-refractivity contribution in [2.45, 2.75) is 19.4 Å². The Labute approximate surface area is 115 Å². The lowest BCUT2D eigenvalue weighted by atomic mass is 10.1. The summed E-state index contributed by atoms with van der Waals surface area (Å²) < 4.78 is 11.2. The van der Waals surface area contributed by atoms with Gasteiger partial charge in [0.2, 0.25) is 5.91 Å². The molecule has 1 amide bonds. The molecule has 6 heteroatoms. The Bertz CT molecular complexity index is 434. The van der Waals surface area contributed by atoms with Crippen LogP contribution in [-0.4, -0.2) is 39.3 Å². The van der Waals surface area contributed by atoms with Crippen LogP contribution in [0.15, 0.2) is 24.3 Å². The molecule has 5 nitrogen and oxygen atoms in total. The van der Waals surface area contributed by atoms with Gasteiger partial charge in [-0.1, -0.05) is 19.1 Å². The monoisotopic (exact) mass is 284 g/mol. The first-order valence-electron chi connectivity index (χ1n) is 6.19. The largest absolute Gasteiger partial charge is 0.508 e. The molecule has 0 saturated carbocycles. The van der Waals surface area contributed by atoms with Crippen LogP contribution in [0.1, 0.15) is 12.5 Å². The number of hydrogen-bond donors (Lipinski definition) is 3. The number of benzene rings is 1. The fraction of sp³-hybridized carbons (Fsp3) is 0.462. The van der Waals surface area contributed by atoms with E-state index in [-0.39, 0.29) is 11.7 Å². The first-order chi connectivity index (χ1) is 9.02. The van der Waals surface area contributed by atoms with Crippen molar-refractivity contribution in [3.8, 4) is 5.75 Å². The van der Waals surface area contributed by atoms with Crippen LogP contribution < -0.4 is 11.1 Å². The van der Waals surface area contributed by atoms with E-state index in [1.165, 1.54) is 0 Å². The third-order valence-corrected chi connectivity index (χ3v) is 3.98. The smallest absolute Gasteiger partial charge is 0.237 e. The predicted octanol–water partition coefficient (Wildman–Crippen LogP) is 0.147. The van der Waals surface area contributed by atoms with Crippen molar-refractivity contribution in [3.05, 3.63) is 29.8 Å². The number of amides is 1. The lowest BCUT2D eigenvalue weighted by Gasteiger charge is -2.12. The van der Waals surface area contributed by atoms with E-state index in [9.17, 15) is 9.00 Å². The van der Waals surface area contributed by atoms with Gasteiger partial charge in [-0.2, -0.15) is 0 Å². The Morgan fingerprint density at radius 1 is 1.42 bits per heavy atom. The summed E-state index contributed by atoms with van der Waals surface area (Å²) in [6.07, 6.45) is 0.406. The number of nitrogens with one attached hydrogen (secondary N) is 1. The zero-order valence-electron chi connectivity index (χ0n) is 11.0. The summed E-state index contributed by atoms with van der Waals surface area (Å²) >= 11 is 0. The molecule has 0 fully saturated rings. The molecular formula is C13H20N2O3S. The number of aromatic hydroxyl groups is 1. The first kappa shape index (κ1) is 15.7. The van der Waals surface area contributed by atoms with E-state index in [1.54, 1.807) is 24.3 Å². The summed E-state index contributed by atoms with van der Waals surface area (Å²) in [6.45, 7) is 2.22. The third kappa shape index (κ3) is 5.85. The van der Waals surface area contributed by atoms with Crippen LogP contribution >= 0.6 is 0 Å². The number of hydrogen-bond acceptors (Lipinski definition) is 4. The third-order valence-electron chi connectivity index (χ3n) is 2.68.